The van der Waals surface area contributed by atoms with E-state index >= 15 is 0 Å². The Morgan fingerprint density at radius 1 is 0.897 bits per heavy atom. The average molecular weight is 557 g/mol. The molecule has 0 unspecified atom stereocenters. The highest BCUT2D eigenvalue weighted by molar-refractivity contribution is 8.00. The number of halogens is 2. The fraction of sp³-hybridized carbons (Fsp3) is 0.567. The molecule has 2 aromatic carbocycles. The normalized spacial score (nSPS) is 21.6. The number of benzene rings is 2. The van der Waals surface area contributed by atoms with Crippen LogP contribution in [-0.4, -0.2) is 55.5 Å². The number of aliphatic hydroxyl groups is 1. The van der Waals surface area contributed by atoms with Crippen molar-refractivity contribution in [1.29, 1.82) is 0 Å². The number of rotatable bonds is 9. The molecule has 4 aliphatic rings. The third kappa shape index (κ3) is 6.14. The molecule has 2 aromatic rings. The minimum atomic E-state index is -2.59. The van der Waals surface area contributed by atoms with Gasteiger partial charge in [-0.3, -0.25) is 4.79 Å². The van der Waals surface area contributed by atoms with Gasteiger partial charge in [-0.15, -0.1) is 0 Å². The van der Waals surface area contributed by atoms with Crippen LogP contribution in [0.1, 0.15) is 73.2 Å². The number of anilines is 4. The zero-order chi connectivity index (χ0) is 27.0. The average Bonchev–Trinajstić information content (AvgIpc) is 3.87. The van der Waals surface area contributed by atoms with Gasteiger partial charge in [0.15, 0.2) is 0 Å². The van der Waals surface area contributed by atoms with Crippen molar-refractivity contribution in [3.63, 3.8) is 0 Å². The second-order valence-electron chi connectivity index (χ2n) is 11.7. The Bertz CT molecular complexity index is 1200. The number of alkyl halides is 2. The van der Waals surface area contributed by atoms with Gasteiger partial charge in [-0.05, 0) is 85.8 Å². The van der Waals surface area contributed by atoms with Gasteiger partial charge >= 0.3 is 0 Å². The topological polar surface area (TPSA) is 67.8 Å². The molecule has 0 aromatic heterocycles. The quantitative estimate of drug-likeness (QED) is 0.243. The maximum atomic E-state index is 13.9. The molecule has 210 valence electrons. The molecule has 6 nitrogen and oxygen atoms in total. The summed E-state index contributed by atoms with van der Waals surface area (Å²) in [4.78, 5) is 18.1. The molecule has 6 rings (SSSR count). The Kier molecular flexibility index (Phi) is 7.39. The van der Waals surface area contributed by atoms with Gasteiger partial charge in [-0.25, -0.2) is 8.78 Å². The zero-order valence-corrected chi connectivity index (χ0v) is 23.2. The van der Waals surface area contributed by atoms with Crippen LogP contribution in [0, 0.1) is 5.41 Å². The summed E-state index contributed by atoms with van der Waals surface area (Å²) in [6, 6.07) is 11.8. The minimum Gasteiger partial charge on any atom is -0.395 e. The number of piperidine rings is 2. The van der Waals surface area contributed by atoms with E-state index in [0.29, 0.717) is 41.4 Å². The fourth-order valence-electron chi connectivity index (χ4n) is 6.04. The van der Waals surface area contributed by atoms with Gasteiger partial charge in [0.1, 0.15) is 0 Å². The fourth-order valence-corrected chi connectivity index (χ4v) is 6.52. The maximum Gasteiger partial charge on any atom is 0.257 e. The first kappa shape index (κ1) is 26.7. The van der Waals surface area contributed by atoms with E-state index in [4.69, 9.17) is 5.11 Å². The molecule has 0 radical (unpaired) electrons. The SMILES string of the molecule is O=C(Nc1ccc(C2CC2)c(N2CCC(F)(F)CC2)c1)c1ccc(NSCCO)cc1N1CCC2(CC1)CC2. The second-order valence-corrected chi connectivity index (χ2v) is 12.6. The Hall–Kier alpha value is -2.52. The number of hydrogen-bond donors (Lipinski definition) is 3. The highest BCUT2D eigenvalue weighted by Crippen LogP contribution is 2.54. The summed E-state index contributed by atoms with van der Waals surface area (Å²) in [7, 11) is 0. The van der Waals surface area contributed by atoms with Crippen molar-refractivity contribution in [2.24, 2.45) is 5.41 Å². The minimum absolute atomic E-state index is 0.0978. The van der Waals surface area contributed by atoms with Gasteiger partial charge in [0.2, 0.25) is 0 Å². The summed E-state index contributed by atoms with van der Waals surface area (Å²) in [6.45, 7) is 2.63. The molecule has 2 heterocycles. The first-order valence-corrected chi connectivity index (χ1v) is 15.3. The van der Waals surface area contributed by atoms with E-state index in [9.17, 15) is 13.6 Å². The van der Waals surface area contributed by atoms with Gasteiger partial charge in [0.05, 0.1) is 17.9 Å². The van der Waals surface area contributed by atoms with Crippen molar-refractivity contribution in [1.82, 2.24) is 0 Å². The number of hydrogen-bond acceptors (Lipinski definition) is 6. The van der Waals surface area contributed by atoms with Crippen LogP contribution in [0.15, 0.2) is 36.4 Å². The van der Waals surface area contributed by atoms with Crippen molar-refractivity contribution in [3.8, 4) is 0 Å². The van der Waals surface area contributed by atoms with Crippen LogP contribution >= 0.6 is 11.9 Å². The van der Waals surface area contributed by atoms with Crippen molar-refractivity contribution >= 4 is 40.6 Å². The molecule has 2 aliphatic heterocycles. The number of aliphatic hydroxyl groups excluding tert-OH is 1. The van der Waals surface area contributed by atoms with Crippen LogP contribution in [0.4, 0.5) is 31.5 Å². The van der Waals surface area contributed by atoms with Crippen molar-refractivity contribution in [2.75, 3.05) is 58.4 Å². The van der Waals surface area contributed by atoms with E-state index < -0.39 is 5.92 Å². The van der Waals surface area contributed by atoms with E-state index in [-0.39, 0.29) is 25.4 Å². The van der Waals surface area contributed by atoms with E-state index in [2.05, 4.69) is 25.9 Å². The van der Waals surface area contributed by atoms with Gasteiger partial charge in [0.25, 0.3) is 11.8 Å². The van der Waals surface area contributed by atoms with Crippen LogP contribution in [0.5, 0.6) is 0 Å². The molecule has 2 aliphatic carbocycles. The van der Waals surface area contributed by atoms with Crippen molar-refractivity contribution < 1.29 is 18.7 Å². The van der Waals surface area contributed by atoms with Gasteiger partial charge in [-0.1, -0.05) is 18.0 Å². The second kappa shape index (κ2) is 10.8. The van der Waals surface area contributed by atoms with Crippen LogP contribution in [-0.2, 0) is 0 Å². The summed E-state index contributed by atoms with van der Waals surface area (Å²) in [5, 5.41) is 12.3. The van der Waals surface area contributed by atoms with Crippen LogP contribution in [0.3, 0.4) is 0 Å². The number of carbonyl (C=O) groups excluding carboxylic acids is 1. The Morgan fingerprint density at radius 2 is 1.54 bits per heavy atom. The first-order valence-electron chi connectivity index (χ1n) is 14.3. The number of nitrogens with one attached hydrogen (secondary N) is 2. The number of nitrogens with zero attached hydrogens (tertiary/aromatic N) is 2. The van der Waals surface area contributed by atoms with Gasteiger partial charge in [0, 0.05) is 61.8 Å². The summed E-state index contributed by atoms with van der Waals surface area (Å²) in [5.41, 5.74) is 5.87. The standard InChI is InChI=1S/C30H38F2N4O2S/c31-30(32)11-15-36(16-12-30)26-19-22(3-5-24(26)21-1-2-21)33-28(38)25-6-4-23(34-39-18-17-37)20-27(25)35-13-9-29(7-8-29)10-14-35/h3-6,19-21,34,37H,1-2,7-18H2,(H,33,38). The van der Waals surface area contributed by atoms with E-state index in [1.54, 1.807) is 0 Å². The Morgan fingerprint density at radius 3 is 2.21 bits per heavy atom. The molecular formula is C30H38F2N4O2S. The first-order chi connectivity index (χ1) is 18.8. The van der Waals surface area contributed by atoms with E-state index in [0.717, 1.165) is 55.8 Å². The van der Waals surface area contributed by atoms with Crippen molar-refractivity contribution in [2.45, 2.75) is 63.2 Å². The molecule has 0 atom stereocenters. The lowest BCUT2D eigenvalue weighted by Gasteiger charge is -2.35. The third-order valence-corrected chi connectivity index (χ3v) is 9.66. The molecule has 9 heteroatoms. The molecule has 4 fully saturated rings. The highest BCUT2D eigenvalue weighted by Gasteiger charge is 2.44. The van der Waals surface area contributed by atoms with Crippen molar-refractivity contribution in [3.05, 3.63) is 47.5 Å². The maximum absolute atomic E-state index is 13.9. The Balaban J connectivity index is 1.23. The number of amides is 1. The third-order valence-electron chi connectivity index (χ3n) is 8.89. The lowest BCUT2D eigenvalue weighted by Crippen LogP contribution is -2.39. The Labute approximate surface area is 233 Å². The van der Waals surface area contributed by atoms with Gasteiger partial charge in [-0.2, -0.15) is 0 Å². The van der Waals surface area contributed by atoms with E-state index in [1.807, 2.05) is 30.3 Å². The number of carbonyl (C=O) groups is 1. The molecule has 39 heavy (non-hydrogen) atoms. The molecule has 1 amide bonds. The molecular weight excluding hydrogens is 518 g/mol. The molecule has 2 saturated heterocycles. The molecule has 0 bridgehead atoms. The monoisotopic (exact) mass is 556 g/mol. The predicted molar refractivity (Wildman–Crippen MR) is 155 cm³/mol. The van der Waals surface area contributed by atoms with Gasteiger partial charge < -0.3 is 24.9 Å². The summed E-state index contributed by atoms with van der Waals surface area (Å²) < 4.78 is 31.0. The lowest BCUT2D eigenvalue weighted by atomic mass is 9.93. The summed E-state index contributed by atoms with van der Waals surface area (Å²) >= 11 is 1.44. The lowest BCUT2D eigenvalue weighted by molar-refractivity contribution is -0.0220. The molecule has 2 saturated carbocycles. The molecule has 1 spiro atoms. The smallest absolute Gasteiger partial charge is 0.257 e. The highest BCUT2D eigenvalue weighted by atomic mass is 32.2. The van der Waals surface area contributed by atoms with Crippen LogP contribution in [0.2, 0.25) is 0 Å². The molecule has 3 N–H and O–H groups in total. The summed E-state index contributed by atoms with van der Waals surface area (Å²) in [5.74, 6) is -1.69. The zero-order valence-electron chi connectivity index (χ0n) is 22.4. The largest absolute Gasteiger partial charge is 0.395 e. The van der Waals surface area contributed by atoms with Crippen LogP contribution in [0.25, 0.3) is 0 Å². The van der Waals surface area contributed by atoms with Crippen LogP contribution < -0.4 is 19.8 Å². The summed E-state index contributed by atoms with van der Waals surface area (Å²) in [6.07, 6.45) is 6.94. The van der Waals surface area contributed by atoms with E-state index in [1.165, 1.54) is 30.4 Å². The predicted octanol–water partition coefficient (Wildman–Crippen LogP) is 6.48.